The van der Waals surface area contributed by atoms with Crippen LogP contribution in [0.5, 0.6) is 0 Å². The minimum absolute atomic E-state index is 0.0477. The molecule has 4 nitrogen and oxygen atoms in total. The van der Waals surface area contributed by atoms with Crippen molar-refractivity contribution in [3.8, 4) is 0 Å². The van der Waals surface area contributed by atoms with Crippen molar-refractivity contribution in [2.75, 3.05) is 0 Å². The van der Waals surface area contributed by atoms with Crippen molar-refractivity contribution >= 4 is 20.3 Å². The lowest BCUT2D eigenvalue weighted by Crippen LogP contribution is -2.30. The average molecular weight is 279 g/mol. The van der Waals surface area contributed by atoms with Crippen LogP contribution in [0.1, 0.15) is 24.8 Å². The molecule has 0 aliphatic carbocycles. The van der Waals surface area contributed by atoms with Crippen LogP contribution in [0.25, 0.3) is 0 Å². The van der Waals surface area contributed by atoms with Gasteiger partial charge < -0.3 is 4.53 Å². The van der Waals surface area contributed by atoms with Crippen LogP contribution >= 0.6 is 0 Å². The molecule has 104 valence electrons. The van der Waals surface area contributed by atoms with Crippen LogP contribution < -0.4 is 0 Å². The van der Waals surface area contributed by atoms with Crippen molar-refractivity contribution in [3.63, 3.8) is 0 Å². The molecule has 0 bridgehead atoms. The normalized spacial score (nSPS) is 14.0. The summed E-state index contributed by atoms with van der Waals surface area (Å²) < 4.78 is 5.32. The third-order valence-corrected chi connectivity index (χ3v) is 3.13. The van der Waals surface area contributed by atoms with Crippen molar-refractivity contribution in [2.24, 2.45) is 0 Å². The predicted molar refractivity (Wildman–Crippen MR) is 78.6 cm³/mol. The SMILES string of the molecule is CC(=O)CC(/C=[N+](\[O-])O[Si](C)(C)C)c1ccccc1. The fourth-order valence-corrected chi connectivity index (χ4v) is 2.31. The topological polar surface area (TPSA) is 52.4 Å². The molecule has 0 radical (unpaired) electrons. The third kappa shape index (κ3) is 6.19. The highest BCUT2D eigenvalue weighted by atomic mass is 28.4. The molecule has 0 aliphatic rings. The predicted octanol–water partition coefficient (Wildman–Crippen LogP) is 3.10. The van der Waals surface area contributed by atoms with Crippen molar-refractivity contribution < 1.29 is 14.2 Å². The lowest BCUT2D eigenvalue weighted by atomic mass is 9.95. The summed E-state index contributed by atoms with van der Waals surface area (Å²) in [6.45, 7) is 7.34. The van der Waals surface area contributed by atoms with Gasteiger partial charge in [-0.25, -0.2) is 0 Å². The van der Waals surface area contributed by atoms with E-state index in [9.17, 15) is 10.0 Å². The maximum atomic E-state index is 11.8. The lowest BCUT2D eigenvalue weighted by molar-refractivity contribution is -0.701. The summed E-state index contributed by atoms with van der Waals surface area (Å²) in [5, 5.41) is 11.8. The van der Waals surface area contributed by atoms with Gasteiger partial charge >= 0.3 is 0 Å². The first-order valence-electron chi connectivity index (χ1n) is 6.33. The molecule has 19 heavy (non-hydrogen) atoms. The molecule has 1 atom stereocenters. The van der Waals surface area contributed by atoms with E-state index in [4.69, 9.17) is 4.53 Å². The fraction of sp³-hybridized carbons (Fsp3) is 0.429. The van der Waals surface area contributed by atoms with E-state index < -0.39 is 8.32 Å². The molecular formula is C14H21NO3Si. The monoisotopic (exact) mass is 279 g/mol. The van der Waals surface area contributed by atoms with E-state index in [1.807, 2.05) is 50.0 Å². The zero-order valence-corrected chi connectivity index (χ0v) is 12.9. The van der Waals surface area contributed by atoms with E-state index >= 15 is 0 Å². The highest BCUT2D eigenvalue weighted by Gasteiger charge is 2.19. The van der Waals surface area contributed by atoms with Gasteiger partial charge in [0.2, 0.25) is 6.21 Å². The molecule has 1 aromatic carbocycles. The van der Waals surface area contributed by atoms with Crippen LogP contribution in [0.4, 0.5) is 0 Å². The summed E-state index contributed by atoms with van der Waals surface area (Å²) in [5.74, 6) is -0.195. The molecule has 0 amide bonds. The summed E-state index contributed by atoms with van der Waals surface area (Å²) in [5.41, 5.74) is 0.942. The van der Waals surface area contributed by atoms with E-state index in [0.29, 0.717) is 11.3 Å². The zero-order valence-electron chi connectivity index (χ0n) is 11.9. The fourth-order valence-electron chi connectivity index (χ4n) is 1.71. The number of nitrogens with zero attached hydrogens (tertiary/aromatic N) is 1. The van der Waals surface area contributed by atoms with Gasteiger partial charge in [0, 0.05) is 11.3 Å². The number of ketones is 1. The van der Waals surface area contributed by atoms with Gasteiger partial charge in [-0.3, -0.25) is 10.0 Å². The molecule has 1 rings (SSSR count). The Hall–Kier alpha value is -1.62. The van der Waals surface area contributed by atoms with Crippen molar-refractivity contribution in [1.29, 1.82) is 0 Å². The summed E-state index contributed by atoms with van der Waals surface area (Å²) in [4.78, 5) is 11.8. The highest BCUT2D eigenvalue weighted by Crippen LogP contribution is 2.18. The second-order valence-corrected chi connectivity index (χ2v) is 9.97. The smallest absolute Gasteiger partial charge is 0.217 e. The molecule has 0 saturated heterocycles. The Morgan fingerprint density at radius 3 is 2.42 bits per heavy atom. The number of benzene rings is 1. The maximum Gasteiger partial charge on any atom is 0.217 e. The third-order valence-electron chi connectivity index (χ3n) is 2.40. The highest BCUT2D eigenvalue weighted by molar-refractivity contribution is 6.69. The van der Waals surface area contributed by atoms with Crippen molar-refractivity contribution in [2.45, 2.75) is 38.9 Å². The summed E-state index contributed by atoms with van der Waals surface area (Å²) in [6, 6.07) is 9.51. The zero-order chi connectivity index (χ0) is 14.5. The summed E-state index contributed by atoms with van der Waals surface area (Å²) in [7, 11) is -1.93. The second kappa shape index (κ2) is 6.52. The standard InChI is InChI=1S/C14H21NO3Si/c1-12(16)10-14(13-8-6-5-7-9-13)11-15(17)18-19(2,3)4/h5-9,11,14H,10H2,1-4H3/b15-11+. The minimum Gasteiger partial charge on any atom is -0.444 e. The molecule has 0 fully saturated rings. The number of carbonyl (C=O) groups is 1. The number of rotatable bonds is 6. The first-order chi connectivity index (χ1) is 8.78. The van der Waals surface area contributed by atoms with Crippen LogP contribution in [0.2, 0.25) is 19.6 Å². The molecule has 0 N–H and O–H groups in total. The van der Waals surface area contributed by atoms with Gasteiger partial charge in [-0.1, -0.05) is 50.0 Å². The molecule has 0 heterocycles. The number of hydrogen-bond donors (Lipinski definition) is 0. The van der Waals surface area contributed by atoms with Gasteiger partial charge in [-0.15, -0.1) is 0 Å². The molecule has 0 aromatic heterocycles. The number of Topliss-reactive ketones (excluding diaryl/α,β-unsaturated/α-hetero) is 1. The van der Waals surface area contributed by atoms with Crippen LogP contribution in [-0.4, -0.2) is 25.2 Å². The Bertz CT molecular complexity index is 452. The Morgan fingerprint density at radius 2 is 1.95 bits per heavy atom. The minimum atomic E-state index is -1.93. The van der Waals surface area contributed by atoms with Gasteiger partial charge in [0.15, 0.2) is 8.32 Å². The van der Waals surface area contributed by atoms with Crippen LogP contribution in [0.3, 0.4) is 0 Å². The maximum absolute atomic E-state index is 11.8. The quantitative estimate of drug-likeness (QED) is 0.348. The molecule has 0 aliphatic heterocycles. The van der Waals surface area contributed by atoms with E-state index in [1.54, 1.807) is 0 Å². The van der Waals surface area contributed by atoms with Gasteiger partial charge in [-0.2, -0.15) is 0 Å². The van der Waals surface area contributed by atoms with E-state index in [-0.39, 0.29) is 11.7 Å². The van der Waals surface area contributed by atoms with Gasteiger partial charge in [-0.05, 0) is 12.5 Å². The first kappa shape index (κ1) is 15.4. The summed E-state index contributed by atoms with van der Waals surface area (Å²) in [6.07, 6.45) is 1.74. The number of hydrogen-bond acceptors (Lipinski definition) is 3. The molecule has 5 heteroatoms. The summed E-state index contributed by atoms with van der Waals surface area (Å²) >= 11 is 0. The Kier molecular flexibility index (Phi) is 5.29. The van der Waals surface area contributed by atoms with Gasteiger partial charge in [0.25, 0.3) is 0 Å². The Morgan fingerprint density at radius 1 is 1.37 bits per heavy atom. The van der Waals surface area contributed by atoms with Crippen LogP contribution in [-0.2, 0) is 9.32 Å². The van der Waals surface area contributed by atoms with E-state index in [0.717, 1.165) is 5.56 Å². The van der Waals surface area contributed by atoms with Gasteiger partial charge in [0.05, 0.1) is 5.92 Å². The first-order valence-corrected chi connectivity index (χ1v) is 9.73. The van der Waals surface area contributed by atoms with E-state index in [1.165, 1.54) is 13.1 Å². The van der Waals surface area contributed by atoms with Crippen molar-refractivity contribution in [1.82, 2.24) is 0 Å². The Labute approximate surface area is 115 Å². The van der Waals surface area contributed by atoms with E-state index in [2.05, 4.69) is 0 Å². The average Bonchev–Trinajstić information content (AvgIpc) is 2.26. The Balaban J connectivity index is 2.92. The van der Waals surface area contributed by atoms with Crippen molar-refractivity contribution in [3.05, 3.63) is 41.1 Å². The lowest BCUT2D eigenvalue weighted by Gasteiger charge is -2.20. The van der Waals surface area contributed by atoms with Crippen LogP contribution in [0, 0.1) is 5.21 Å². The molecule has 0 spiro atoms. The second-order valence-electron chi connectivity index (χ2n) is 5.56. The molecular weight excluding hydrogens is 258 g/mol. The molecule has 1 aromatic rings. The largest absolute Gasteiger partial charge is 0.444 e. The van der Waals surface area contributed by atoms with Gasteiger partial charge in [0.1, 0.15) is 5.78 Å². The molecule has 0 saturated carbocycles. The number of carbonyl (C=O) groups excluding carboxylic acids is 1. The van der Waals surface area contributed by atoms with Crippen LogP contribution in [0.15, 0.2) is 30.3 Å². The molecule has 1 unspecified atom stereocenters.